The highest BCUT2D eigenvalue weighted by Gasteiger charge is 2.34. The van der Waals surface area contributed by atoms with Crippen molar-refractivity contribution >= 4 is 28.2 Å². The molecule has 2 atom stereocenters. The van der Waals surface area contributed by atoms with Crippen LogP contribution in [-0.2, 0) is 6.54 Å². The van der Waals surface area contributed by atoms with Gasteiger partial charge in [0, 0.05) is 24.2 Å². The zero-order valence-corrected chi connectivity index (χ0v) is 15.6. The molecule has 29 heavy (non-hydrogen) atoms. The zero-order valence-electron chi connectivity index (χ0n) is 15.6. The van der Waals surface area contributed by atoms with Gasteiger partial charge in [-0.3, -0.25) is 4.98 Å². The second-order valence-corrected chi connectivity index (χ2v) is 7.19. The predicted octanol–water partition coefficient (Wildman–Crippen LogP) is 2.51. The molecular formula is C20H20F2N6O. The Morgan fingerprint density at radius 1 is 1.10 bits per heavy atom. The molecule has 0 bridgehead atoms. The summed E-state index contributed by atoms with van der Waals surface area (Å²) in [5.41, 5.74) is 7.92. The molecule has 7 nitrogen and oxygen atoms in total. The van der Waals surface area contributed by atoms with Crippen molar-refractivity contribution in [2.24, 2.45) is 5.73 Å². The van der Waals surface area contributed by atoms with Crippen molar-refractivity contribution in [2.75, 3.05) is 36.0 Å². The summed E-state index contributed by atoms with van der Waals surface area (Å²) in [6, 6.07) is 7.54. The minimum absolute atomic E-state index is 0.0229. The maximum absolute atomic E-state index is 13.6. The van der Waals surface area contributed by atoms with Crippen molar-refractivity contribution in [3.8, 4) is 5.75 Å². The number of anilines is 3. The average Bonchev–Trinajstić information content (AvgIpc) is 3.10. The van der Waals surface area contributed by atoms with E-state index in [2.05, 4.69) is 9.97 Å². The summed E-state index contributed by atoms with van der Waals surface area (Å²) in [6.07, 6.45) is 0.442. The van der Waals surface area contributed by atoms with E-state index in [1.54, 1.807) is 23.4 Å². The summed E-state index contributed by atoms with van der Waals surface area (Å²) >= 11 is 0. The van der Waals surface area contributed by atoms with Crippen LogP contribution in [0.4, 0.5) is 26.1 Å². The summed E-state index contributed by atoms with van der Waals surface area (Å²) in [6.45, 7) is 1.45. The number of alkyl halides is 2. The topological polar surface area (TPSA) is 80.4 Å². The first-order chi connectivity index (χ1) is 14.1. The second kappa shape index (κ2) is 7.07. The van der Waals surface area contributed by atoms with Crippen LogP contribution in [0.25, 0.3) is 10.9 Å². The first-order valence-electron chi connectivity index (χ1n) is 9.51. The number of ether oxygens (including phenoxy) is 1. The summed E-state index contributed by atoms with van der Waals surface area (Å²) < 4.78 is 32.9. The van der Waals surface area contributed by atoms with Crippen molar-refractivity contribution < 1.29 is 13.5 Å². The van der Waals surface area contributed by atoms with Gasteiger partial charge in [-0.1, -0.05) is 0 Å². The number of hydrogen-bond donors (Lipinski definition) is 1. The number of pyridine rings is 3. The molecule has 0 saturated carbocycles. The molecule has 1 saturated heterocycles. The van der Waals surface area contributed by atoms with E-state index in [9.17, 15) is 8.78 Å². The smallest absolute Gasteiger partial charge is 0.177 e. The van der Waals surface area contributed by atoms with Crippen LogP contribution in [-0.4, -0.2) is 53.5 Å². The van der Waals surface area contributed by atoms with Crippen molar-refractivity contribution in [2.45, 2.75) is 18.9 Å². The van der Waals surface area contributed by atoms with Crippen LogP contribution in [0.1, 0.15) is 5.69 Å². The van der Waals surface area contributed by atoms with Crippen LogP contribution in [0.2, 0.25) is 0 Å². The molecule has 2 N–H and O–H groups in total. The molecule has 5 rings (SSSR count). The molecule has 2 aliphatic rings. The Labute approximate surface area is 166 Å². The van der Waals surface area contributed by atoms with E-state index in [-0.39, 0.29) is 13.1 Å². The Balaban J connectivity index is 1.48. The minimum Gasteiger partial charge on any atom is -0.488 e. The maximum atomic E-state index is 13.6. The van der Waals surface area contributed by atoms with Crippen LogP contribution in [0.15, 0.2) is 36.7 Å². The molecule has 0 unspecified atom stereocenters. The third kappa shape index (κ3) is 3.21. The minimum atomic E-state index is -1.47. The molecule has 0 aromatic carbocycles. The van der Waals surface area contributed by atoms with Crippen LogP contribution in [0, 0.1) is 0 Å². The largest absolute Gasteiger partial charge is 0.488 e. The Bertz CT molecular complexity index is 1050. The number of nitrogens with zero attached hydrogens (tertiary/aromatic N) is 5. The van der Waals surface area contributed by atoms with E-state index in [4.69, 9.17) is 15.5 Å². The van der Waals surface area contributed by atoms with E-state index in [0.717, 1.165) is 22.4 Å². The lowest BCUT2D eigenvalue weighted by atomic mass is 10.2. The highest BCUT2D eigenvalue weighted by atomic mass is 19.2. The molecule has 0 spiro atoms. The molecule has 0 aliphatic carbocycles. The molecule has 150 valence electrons. The number of rotatable bonds is 3. The van der Waals surface area contributed by atoms with Crippen LogP contribution in [0.5, 0.6) is 5.75 Å². The van der Waals surface area contributed by atoms with Gasteiger partial charge >= 0.3 is 0 Å². The lowest BCUT2D eigenvalue weighted by molar-refractivity contribution is 0.217. The molecular weight excluding hydrogens is 378 g/mol. The Hall–Kier alpha value is -3.07. The van der Waals surface area contributed by atoms with Gasteiger partial charge < -0.3 is 20.3 Å². The van der Waals surface area contributed by atoms with E-state index < -0.39 is 12.3 Å². The van der Waals surface area contributed by atoms with Gasteiger partial charge in [-0.05, 0) is 18.2 Å². The Kier molecular flexibility index (Phi) is 4.39. The van der Waals surface area contributed by atoms with Crippen LogP contribution in [0.3, 0.4) is 0 Å². The predicted molar refractivity (Wildman–Crippen MR) is 106 cm³/mol. The Morgan fingerprint density at radius 2 is 1.93 bits per heavy atom. The van der Waals surface area contributed by atoms with Crippen molar-refractivity contribution in [3.05, 3.63) is 42.4 Å². The van der Waals surface area contributed by atoms with Crippen molar-refractivity contribution in [3.63, 3.8) is 0 Å². The molecule has 1 fully saturated rings. The molecule has 0 amide bonds. The normalized spacial score (nSPS) is 21.3. The summed E-state index contributed by atoms with van der Waals surface area (Å²) in [7, 11) is 0. The fourth-order valence-corrected chi connectivity index (χ4v) is 3.73. The van der Waals surface area contributed by atoms with Gasteiger partial charge in [-0.2, -0.15) is 0 Å². The summed E-state index contributed by atoms with van der Waals surface area (Å²) in [5.74, 6) is 1.95. The number of fused-ring (bicyclic) bond motifs is 2. The van der Waals surface area contributed by atoms with Gasteiger partial charge in [0.05, 0.1) is 42.7 Å². The highest BCUT2D eigenvalue weighted by Crippen LogP contribution is 2.37. The first-order valence-corrected chi connectivity index (χ1v) is 9.51. The van der Waals surface area contributed by atoms with E-state index in [1.807, 2.05) is 23.1 Å². The third-order valence-corrected chi connectivity index (χ3v) is 5.30. The van der Waals surface area contributed by atoms with Gasteiger partial charge in [0.1, 0.15) is 12.4 Å². The Morgan fingerprint density at radius 3 is 2.72 bits per heavy atom. The quantitative estimate of drug-likeness (QED) is 0.726. The summed E-state index contributed by atoms with van der Waals surface area (Å²) in [5, 5.41) is 0.929. The van der Waals surface area contributed by atoms with Crippen LogP contribution >= 0.6 is 0 Å². The number of halogens is 2. The van der Waals surface area contributed by atoms with Gasteiger partial charge in [0.15, 0.2) is 23.9 Å². The fraction of sp³-hybridized carbons (Fsp3) is 0.350. The van der Waals surface area contributed by atoms with Gasteiger partial charge in [-0.25, -0.2) is 18.7 Å². The van der Waals surface area contributed by atoms with E-state index in [1.165, 1.54) is 0 Å². The second-order valence-electron chi connectivity index (χ2n) is 7.19. The lowest BCUT2D eigenvalue weighted by Crippen LogP contribution is -2.30. The summed E-state index contributed by atoms with van der Waals surface area (Å²) in [4.78, 5) is 17.2. The zero-order chi connectivity index (χ0) is 20.0. The fourth-order valence-electron chi connectivity index (χ4n) is 3.73. The van der Waals surface area contributed by atoms with Gasteiger partial charge in [-0.15, -0.1) is 0 Å². The number of aromatic nitrogens is 3. The molecule has 0 radical (unpaired) electrons. The van der Waals surface area contributed by atoms with Crippen LogP contribution < -0.4 is 20.3 Å². The van der Waals surface area contributed by atoms with E-state index in [0.29, 0.717) is 37.0 Å². The van der Waals surface area contributed by atoms with Gasteiger partial charge in [0.2, 0.25) is 0 Å². The molecule has 9 heteroatoms. The maximum Gasteiger partial charge on any atom is 0.177 e. The molecule has 2 aliphatic heterocycles. The number of nitrogens with two attached hydrogens (primary N) is 1. The van der Waals surface area contributed by atoms with Crippen molar-refractivity contribution in [1.82, 2.24) is 15.0 Å². The molecule has 3 aromatic heterocycles. The number of hydrogen-bond acceptors (Lipinski definition) is 7. The third-order valence-electron chi connectivity index (χ3n) is 5.30. The monoisotopic (exact) mass is 398 g/mol. The van der Waals surface area contributed by atoms with E-state index >= 15 is 0 Å². The first kappa shape index (κ1) is 18.0. The highest BCUT2D eigenvalue weighted by molar-refractivity contribution is 5.81. The SMILES string of the molecule is NCc1cc2nc(N3CCOc4cc(N5C[C@@H](F)[C@H](F)C5)cnc43)ccc2cn1. The average molecular weight is 398 g/mol. The standard InChI is InChI=1S/C20H20F2N6O/c21-15-10-27(11-16(15)22)14-6-18-20(25-9-14)28(3-4-29-18)19-2-1-12-8-24-13(7-23)5-17(12)26-19/h1-2,5-6,8-9,15-16H,3-4,7,10-11,23H2/t15-,16-/m1/s1. The molecule has 5 heterocycles. The molecule has 3 aromatic rings. The van der Waals surface area contributed by atoms with Gasteiger partial charge in [0.25, 0.3) is 0 Å². The lowest BCUT2D eigenvalue weighted by Gasteiger charge is -2.30. The van der Waals surface area contributed by atoms with Crippen molar-refractivity contribution in [1.29, 1.82) is 0 Å².